The van der Waals surface area contributed by atoms with E-state index in [2.05, 4.69) is 45.1 Å². The summed E-state index contributed by atoms with van der Waals surface area (Å²) in [5.74, 6) is -0.477. The van der Waals surface area contributed by atoms with Crippen LogP contribution in [0.1, 0.15) is 0 Å². The van der Waals surface area contributed by atoms with Crippen LogP contribution in [0.15, 0.2) is 84.9 Å². The van der Waals surface area contributed by atoms with Gasteiger partial charge in [-0.25, -0.2) is 8.78 Å². The third-order valence-electron chi connectivity index (χ3n) is 5.42. The van der Waals surface area contributed by atoms with Gasteiger partial charge in [-0.05, 0) is 59.7 Å². The van der Waals surface area contributed by atoms with Crippen molar-refractivity contribution in [2.45, 2.75) is 0 Å². The number of nitrogens with zero attached hydrogens (tertiary/aromatic N) is 2. The van der Waals surface area contributed by atoms with Crippen molar-refractivity contribution < 1.29 is 8.78 Å². The van der Waals surface area contributed by atoms with E-state index in [0.717, 1.165) is 52.8 Å². The minimum atomic E-state index is -0.238. The van der Waals surface area contributed by atoms with Crippen LogP contribution in [0.4, 0.5) is 8.78 Å². The fourth-order valence-corrected chi connectivity index (χ4v) is 6.42. The van der Waals surface area contributed by atoms with Gasteiger partial charge in [0.15, 0.2) is 0 Å². The van der Waals surface area contributed by atoms with Crippen molar-refractivity contribution >= 4 is 45.4 Å². The van der Waals surface area contributed by atoms with Gasteiger partial charge < -0.3 is 0 Å². The van der Waals surface area contributed by atoms with Crippen molar-refractivity contribution in [3.63, 3.8) is 0 Å². The number of benzene rings is 3. The van der Waals surface area contributed by atoms with Crippen LogP contribution in [0.3, 0.4) is 0 Å². The summed E-state index contributed by atoms with van der Waals surface area (Å²) in [7, 11) is 0. The minimum absolute atomic E-state index is 0.238. The Bertz CT molecular complexity index is 1460. The Morgan fingerprint density at radius 3 is 1.27 bits per heavy atom. The maximum atomic E-state index is 13.3. The number of thiophene rings is 2. The van der Waals surface area contributed by atoms with Crippen molar-refractivity contribution in [1.29, 1.82) is 0 Å². The van der Waals surface area contributed by atoms with Crippen molar-refractivity contribution in [2.75, 3.05) is 0 Å². The number of rotatable bonds is 4. The second-order valence-corrected chi connectivity index (χ2v) is 10.2. The molecule has 3 heterocycles. The highest BCUT2D eigenvalue weighted by atomic mass is 32.1. The molecule has 2 nitrogen and oxygen atoms in total. The molecule has 0 amide bonds. The Morgan fingerprint density at radius 1 is 0.455 bits per heavy atom. The molecule has 0 aliphatic carbocycles. The summed E-state index contributed by atoms with van der Waals surface area (Å²) < 4.78 is 35.8. The molecule has 0 fully saturated rings. The molecule has 7 heteroatoms. The van der Waals surface area contributed by atoms with Crippen molar-refractivity contribution in [3.05, 3.63) is 96.6 Å². The summed E-state index contributed by atoms with van der Waals surface area (Å²) in [6.45, 7) is 0. The minimum Gasteiger partial charge on any atom is -0.207 e. The second kappa shape index (κ2) is 8.26. The van der Waals surface area contributed by atoms with Crippen LogP contribution < -0.4 is 0 Å². The van der Waals surface area contributed by atoms with E-state index in [1.807, 2.05) is 0 Å². The average molecular weight is 489 g/mol. The first-order chi connectivity index (χ1) is 16.2. The predicted octanol–water partition coefficient (Wildman–Crippen LogP) is 8.76. The van der Waals surface area contributed by atoms with Crippen LogP contribution in [0.25, 0.3) is 52.8 Å². The summed E-state index contributed by atoms with van der Waals surface area (Å²) in [6, 6.07) is 25.6. The Balaban J connectivity index is 1.38. The lowest BCUT2D eigenvalue weighted by Gasteiger charge is -2.04. The number of halogens is 2. The van der Waals surface area contributed by atoms with Gasteiger partial charge in [0.05, 0.1) is 11.7 Å². The number of hydrogen-bond donors (Lipinski definition) is 0. The SMILES string of the molecule is Fc1ccc(-c2ccc(-c3ccc(-c4ccc(-c5ccc(F)cc5)s4)c4nsnc34)s2)cc1. The zero-order valence-corrected chi connectivity index (χ0v) is 19.4. The molecule has 0 unspecified atom stereocenters. The molecule has 0 aliphatic heterocycles. The molecule has 0 atom stereocenters. The molecule has 0 bridgehead atoms. The monoisotopic (exact) mass is 488 g/mol. The van der Waals surface area contributed by atoms with Gasteiger partial charge in [-0.2, -0.15) is 8.75 Å². The lowest BCUT2D eigenvalue weighted by molar-refractivity contribution is 0.627. The van der Waals surface area contributed by atoms with E-state index in [4.69, 9.17) is 0 Å². The third-order valence-corrected chi connectivity index (χ3v) is 8.28. The van der Waals surface area contributed by atoms with E-state index in [1.165, 1.54) is 36.0 Å². The highest BCUT2D eigenvalue weighted by Gasteiger charge is 2.16. The molecular weight excluding hydrogens is 474 g/mol. The zero-order valence-electron chi connectivity index (χ0n) is 17.0. The van der Waals surface area contributed by atoms with Crippen LogP contribution in [0.5, 0.6) is 0 Å². The third kappa shape index (κ3) is 3.78. The number of hydrogen-bond acceptors (Lipinski definition) is 5. The van der Waals surface area contributed by atoms with Crippen molar-refractivity contribution in [3.8, 4) is 41.8 Å². The van der Waals surface area contributed by atoms with Gasteiger partial charge >= 0.3 is 0 Å². The highest BCUT2D eigenvalue weighted by Crippen LogP contribution is 2.42. The van der Waals surface area contributed by atoms with Crippen LogP contribution in [-0.2, 0) is 0 Å². The van der Waals surface area contributed by atoms with Gasteiger partial charge in [-0.1, -0.05) is 36.4 Å². The summed E-state index contributed by atoms with van der Waals surface area (Å²) >= 11 is 4.51. The summed E-state index contributed by atoms with van der Waals surface area (Å²) in [5, 5.41) is 0. The number of aromatic nitrogens is 2. The molecule has 0 N–H and O–H groups in total. The van der Waals surface area contributed by atoms with Gasteiger partial charge in [0.2, 0.25) is 0 Å². The molecule has 160 valence electrons. The Labute approximate surface area is 200 Å². The van der Waals surface area contributed by atoms with Gasteiger partial charge in [0.1, 0.15) is 22.7 Å². The van der Waals surface area contributed by atoms with E-state index in [0.29, 0.717) is 0 Å². The van der Waals surface area contributed by atoms with E-state index >= 15 is 0 Å². The zero-order chi connectivity index (χ0) is 22.4. The Kier molecular flexibility index (Phi) is 5.10. The smallest absolute Gasteiger partial charge is 0.123 e. The van der Waals surface area contributed by atoms with Gasteiger partial charge in [0.25, 0.3) is 0 Å². The van der Waals surface area contributed by atoms with Gasteiger partial charge in [-0.3, -0.25) is 0 Å². The maximum absolute atomic E-state index is 13.3. The highest BCUT2D eigenvalue weighted by molar-refractivity contribution is 7.19. The van der Waals surface area contributed by atoms with Gasteiger partial charge in [0, 0.05) is 30.6 Å². The molecule has 0 saturated heterocycles. The molecule has 6 rings (SSSR count). The largest absolute Gasteiger partial charge is 0.207 e. The van der Waals surface area contributed by atoms with Gasteiger partial charge in [-0.15, -0.1) is 22.7 Å². The van der Waals surface area contributed by atoms with E-state index in [9.17, 15) is 8.78 Å². The molecule has 3 aromatic carbocycles. The van der Waals surface area contributed by atoms with Crippen molar-refractivity contribution in [2.24, 2.45) is 0 Å². The molecule has 33 heavy (non-hydrogen) atoms. The number of fused-ring (bicyclic) bond motifs is 1. The molecule has 3 aromatic heterocycles. The quantitative estimate of drug-likeness (QED) is 0.248. The van der Waals surface area contributed by atoms with E-state index in [-0.39, 0.29) is 11.6 Å². The van der Waals surface area contributed by atoms with E-state index < -0.39 is 0 Å². The fourth-order valence-electron chi connectivity index (χ4n) is 3.77. The average Bonchev–Trinajstić information content (AvgIpc) is 3.60. The Hall–Kier alpha value is -3.26. The van der Waals surface area contributed by atoms with E-state index in [1.54, 1.807) is 46.9 Å². The molecule has 0 radical (unpaired) electrons. The predicted molar refractivity (Wildman–Crippen MR) is 135 cm³/mol. The standard InChI is InChI=1S/C26H14F2N2S3/c27-17-5-1-15(2-6-17)21-11-13-23(31-21)19-9-10-20(26-25(19)29-33-30-26)24-14-12-22(32-24)16-3-7-18(28)8-4-16/h1-14H. The molecule has 6 aromatic rings. The summed E-state index contributed by atoms with van der Waals surface area (Å²) in [4.78, 5) is 4.34. The first kappa shape index (κ1) is 20.4. The molecule has 0 saturated carbocycles. The summed E-state index contributed by atoms with van der Waals surface area (Å²) in [6.07, 6.45) is 0. The van der Waals surface area contributed by atoms with Crippen LogP contribution in [-0.4, -0.2) is 8.75 Å². The first-order valence-corrected chi connectivity index (χ1v) is 12.5. The summed E-state index contributed by atoms with van der Waals surface area (Å²) in [5.41, 5.74) is 5.81. The topological polar surface area (TPSA) is 25.8 Å². The van der Waals surface area contributed by atoms with Crippen LogP contribution in [0.2, 0.25) is 0 Å². The van der Waals surface area contributed by atoms with Crippen LogP contribution >= 0.6 is 34.4 Å². The Morgan fingerprint density at radius 2 is 0.848 bits per heavy atom. The second-order valence-electron chi connectivity index (χ2n) is 7.46. The molecule has 0 spiro atoms. The fraction of sp³-hybridized carbons (Fsp3) is 0. The first-order valence-electron chi connectivity index (χ1n) is 10.1. The molecule has 0 aliphatic rings. The van der Waals surface area contributed by atoms with Crippen LogP contribution in [0, 0.1) is 11.6 Å². The maximum Gasteiger partial charge on any atom is 0.123 e. The lowest BCUT2D eigenvalue weighted by Crippen LogP contribution is -1.81. The van der Waals surface area contributed by atoms with Crippen molar-refractivity contribution in [1.82, 2.24) is 8.75 Å². The normalized spacial score (nSPS) is 11.3. The molecular formula is C26H14F2N2S3. The lowest BCUT2D eigenvalue weighted by atomic mass is 10.1.